The summed E-state index contributed by atoms with van der Waals surface area (Å²) in [6.45, 7) is 1.55. The van der Waals surface area contributed by atoms with Crippen LogP contribution in [0.4, 0.5) is 5.69 Å². The zero-order chi connectivity index (χ0) is 22.7. The molecule has 3 amide bonds. The molecule has 10 heteroatoms. The second kappa shape index (κ2) is 9.04. The van der Waals surface area contributed by atoms with E-state index in [4.69, 9.17) is 9.47 Å². The molecule has 0 aromatic heterocycles. The monoisotopic (exact) mass is 439 g/mol. The normalized spacial score (nSPS) is 14.3. The Hall–Kier alpha value is -3.95. The summed E-state index contributed by atoms with van der Waals surface area (Å²) in [5, 5.41) is 13.7. The molecule has 0 fully saturated rings. The van der Waals surface area contributed by atoms with Gasteiger partial charge in [0.25, 0.3) is 17.5 Å². The number of nitrogens with one attached hydrogen (secondary N) is 1. The first kappa shape index (κ1) is 21.3. The number of nitro groups is 1. The number of nitrogens with zero attached hydrogens (tertiary/aromatic N) is 2. The molecular weight excluding hydrogens is 418 g/mol. The van der Waals surface area contributed by atoms with E-state index in [1.165, 1.54) is 12.1 Å². The first-order valence-electron chi connectivity index (χ1n) is 10.2. The number of nitro benzene ring substituents is 1. The van der Waals surface area contributed by atoms with E-state index in [2.05, 4.69) is 5.32 Å². The molecule has 4 rings (SSSR count). The van der Waals surface area contributed by atoms with Crippen LogP contribution in [0.1, 0.15) is 39.1 Å². The predicted molar refractivity (Wildman–Crippen MR) is 112 cm³/mol. The summed E-state index contributed by atoms with van der Waals surface area (Å²) in [5.74, 6) is 0.152. The van der Waals surface area contributed by atoms with Crippen LogP contribution in [0.25, 0.3) is 0 Å². The molecule has 0 radical (unpaired) electrons. The Bertz CT molecular complexity index is 1100. The zero-order valence-corrected chi connectivity index (χ0v) is 17.2. The Morgan fingerprint density at radius 3 is 2.56 bits per heavy atom. The Labute approximate surface area is 183 Å². The molecule has 0 spiro atoms. The number of non-ortho nitro benzene ring substituents is 1. The van der Waals surface area contributed by atoms with Gasteiger partial charge in [-0.25, -0.2) is 0 Å². The molecule has 0 saturated carbocycles. The predicted octanol–water partition coefficient (Wildman–Crippen LogP) is 2.10. The van der Waals surface area contributed by atoms with E-state index in [0.717, 1.165) is 16.5 Å². The van der Waals surface area contributed by atoms with Gasteiger partial charge < -0.3 is 14.8 Å². The van der Waals surface area contributed by atoms with Crippen LogP contribution in [0.15, 0.2) is 36.4 Å². The van der Waals surface area contributed by atoms with Crippen molar-refractivity contribution in [1.29, 1.82) is 0 Å². The average molecular weight is 439 g/mol. The van der Waals surface area contributed by atoms with Gasteiger partial charge in [0.1, 0.15) is 13.2 Å². The Morgan fingerprint density at radius 1 is 1.03 bits per heavy atom. The SMILES string of the molecule is O=C(CCCN1C(=O)c2ccc([N+](=O)[O-])cc2C1=O)NCCc1ccc2c(c1)OCCO2. The van der Waals surface area contributed by atoms with Crippen LogP contribution in [0, 0.1) is 10.1 Å². The lowest BCUT2D eigenvalue weighted by Crippen LogP contribution is -2.32. The Kier molecular flexibility index (Phi) is 6.02. The minimum atomic E-state index is -0.615. The van der Waals surface area contributed by atoms with Gasteiger partial charge in [0.2, 0.25) is 5.91 Å². The maximum Gasteiger partial charge on any atom is 0.270 e. The molecule has 0 bridgehead atoms. The quantitative estimate of drug-likeness (QED) is 0.379. The van der Waals surface area contributed by atoms with Crippen LogP contribution in [0.2, 0.25) is 0 Å². The largest absolute Gasteiger partial charge is 0.486 e. The van der Waals surface area contributed by atoms with Crippen LogP contribution in [0.5, 0.6) is 11.5 Å². The minimum absolute atomic E-state index is 0.0214. The van der Waals surface area contributed by atoms with Crippen molar-refractivity contribution in [2.75, 3.05) is 26.3 Å². The van der Waals surface area contributed by atoms with Crippen molar-refractivity contribution >= 4 is 23.4 Å². The van der Waals surface area contributed by atoms with E-state index in [0.29, 0.717) is 44.1 Å². The molecule has 2 aliphatic rings. The number of hydrogen-bond donors (Lipinski definition) is 1. The summed E-state index contributed by atoms with van der Waals surface area (Å²) in [6, 6.07) is 9.27. The van der Waals surface area contributed by atoms with Gasteiger partial charge >= 0.3 is 0 Å². The molecular formula is C22H21N3O7. The fourth-order valence-corrected chi connectivity index (χ4v) is 3.67. The van der Waals surface area contributed by atoms with Crippen LogP contribution < -0.4 is 14.8 Å². The van der Waals surface area contributed by atoms with Gasteiger partial charge in [-0.2, -0.15) is 0 Å². The molecule has 0 aliphatic carbocycles. The molecule has 2 aromatic carbocycles. The minimum Gasteiger partial charge on any atom is -0.486 e. The van der Waals surface area contributed by atoms with Crippen molar-refractivity contribution in [3.63, 3.8) is 0 Å². The molecule has 166 valence electrons. The van der Waals surface area contributed by atoms with Crippen molar-refractivity contribution in [1.82, 2.24) is 10.2 Å². The first-order chi connectivity index (χ1) is 15.4. The standard InChI is InChI=1S/C22H21N3O7/c26-20(23-8-7-14-3-6-18-19(12-14)32-11-10-31-18)2-1-9-24-21(27)16-5-4-15(25(29)30)13-17(16)22(24)28/h3-6,12-13H,1-2,7-11H2,(H,23,26). The third-order valence-corrected chi connectivity index (χ3v) is 5.29. The molecule has 2 aliphatic heterocycles. The van der Waals surface area contributed by atoms with Crippen molar-refractivity contribution in [3.05, 3.63) is 63.2 Å². The summed E-state index contributed by atoms with van der Waals surface area (Å²) in [4.78, 5) is 48.3. The number of amides is 3. The number of carbonyl (C=O) groups is 3. The van der Waals surface area contributed by atoms with E-state index in [9.17, 15) is 24.5 Å². The number of benzene rings is 2. The van der Waals surface area contributed by atoms with E-state index < -0.39 is 16.7 Å². The van der Waals surface area contributed by atoms with Gasteiger partial charge in [0.05, 0.1) is 16.1 Å². The highest BCUT2D eigenvalue weighted by atomic mass is 16.6. The van der Waals surface area contributed by atoms with Crippen molar-refractivity contribution in [2.24, 2.45) is 0 Å². The maximum atomic E-state index is 12.5. The number of rotatable bonds is 8. The van der Waals surface area contributed by atoms with Crippen molar-refractivity contribution in [2.45, 2.75) is 19.3 Å². The molecule has 1 N–H and O–H groups in total. The summed E-state index contributed by atoms with van der Waals surface area (Å²) in [6.07, 6.45) is 1.07. The van der Waals surface area contributed by atoms with Crippen LogP contribution in [-0.4, -0.2) is 53.8 Å². The molecule has 0 unspecified atom stereocenters. The van der Waals surface area contributed by atoms with E-state index >= 15 is 0 Å². The lowest BCUT2D eigenvalue weighted by Gasteiger charge is -2.18. The number of fused-ring (bicyclic) bond motifs is 2. The molecule has 10 nitrogen and oxygen atoms in total. The second-order valence-electron chi connectivity index (χ2n) is 7.43. The third-order valence-electron chi connectivity index (χ3n) is 5.29. The molecule has 32 heavy (non-hydrogen) atoms. The maximum absolute atomic E-state index is 12.5. The molecule has 0 atom stereocenters. The number of carbonyl (C=O) groups excluding carboxylic acids is 3. The van der Waals surface area contributed by atoms with E-state index in [1.807, 2.05) is 18.2 Å². The van der Waals surface area contributed by atoms with E-state index in [-0.39, 0.29) is 35.7 Å². The first-order valence-corrected chi connectivity index (χ1v) is 10.2. The Morgan fingerprint density at radius 2 is 1.78 bits per heavy atom. The third kappa shape index (κ3) is 4.39. The van der Waals surface area contributed by atoms with Crippen molar-refractivity contribution < 1.29 is 28.8 Å². The molecule has 2 heterocycles. The van der Waals surface area contributed by atoms with E-state index in [1.54, 1.807) is 0 Å². The van der Waals surface area contributed by atoms with Gasteiger partial charge in [-0.3, -0.25) is 29.4 Å². The lowest BCUT2D eigenvalue weighted by molar-refractivity contribution is -0.384. The van der Waals surface area contributed by atoms with Gasteiger partial charge in [-0.1, -0.05) is 6.07 Å². The smallest absolute Gasteiger partial charge is 0.270 e. The zero-order valence-electron chi connectivity index (χ0n) is 17.2. The summed E-state index contributed by atoms with van der Waals surface area (Å²) in [7, 11) is 0. The number of hydrogen-bond acceptors (Lipinski definition) is 7. The summed E-state index contributed by atoms with van der Waals surface area (Å²) in [5.41, 5.74) is 0.927. The Balaban J connectivity index is 1.22. The van der Waals surface area contributed by atoms with Crippen LogP contribution >= 0.6 is 0 Å². The van der Waals surface area contributed by atoms with Gasteiger partial charge in [0.15, 0.2) is 11.5 Å². The van der Waals surface area contributed by atoms with Crippen LogP contribution in [-0.2, 0) is 11.2 Å². The molecule has 2 aromatic rings. The second-order valence-corrected chi connectivity index (χ2v) is 7.43. The van der Waals surface area contributed by atoms with Gasteiger partial charge in [0, 0.05) is 31.6 Å². The van der Waals surface area contributed by atoms with Gasteiger partial charge in [-0.05, 0) is 36.6 Å². The highest BCUT2D eigenvalue weighted by Crippen LogP contribution is 2.31. The lowest BCUT2D eigenvalue weighted by atomic mass is 10.1. The van der Waals surface area contributed by atoms with Gasteiger partial charge in [-0.15, -0.1) is 0 Å². The fourth-order valence-electron chi connectivity index (χ4n) is 3.67. The average Bonchev–Trinajstić information content (AvgIpc) is 3.03. The van der Waals surface area contributed by atoms with Crippen LogP contribution in [0.3, 0.4) is 0 Å². The number of imide groups is 1. The molecule has 0 saturated heterocycles. The summed E-state index contributed by atoms with van der Waals surface area (Å²) < 4.78 is 11.0. The highest BCUT2D eigenvalue weighted by molar-refractivity contribution is 6.21. The van der Waals surface area contributed by atoms with Crippen molar-refractivity contribution in [3.8, 4) is 11.5 Å². The topological polar surface area (TPSA) is 128 Å². The highest BCUT2D eigenvalue weighted by Gasteiger charge is 2.36. The number of ether oxygens (including phenoxy) is 2. The summed E-state index contributed by atoms with van der Waals surface area (Å²) >= 11 is 0. The fraction of sp³-hybridized carbons (Fsp3) is 0.318.